The summed E-state index contributed by atoms with van der Waals surface area (Å²) in [6.07, 6.45) is 2.04. The van der Waals surface area contributed by atoms with E-state index >= 15 is 0 Å². The van der Waals surface area contributed by atoms with E-state index in [0.29, 0.717) is 17.2 Å². The van der Waals surface area contributed by atoms with E-state index < -0.39 is 11.6 Å². The molecule has 0 amide bonds. The Morgan fingerprint density at radius 2 is 1.81 bits per heavy atom. The van der Waals surface area contributed by atoms with Crippen LogP contribution >= 0.6 is 15.9 Å². The van der Waals surface area contributed by atoms with Crippen LogP contribution in [0.4, 0.5) is 14.6 Å². The van der Waals surface area contributed by atoms with Gasteiger partial charge in [0, 0.05) is 19.5 Å². The number of nitrogens with zero attached hydrogens (tertiary/aromatic N) is 2. The molecule has 0 aliphatic carbocycles. The van der Waals surface area contributed by atoms with Crippen LogP contribution in [-0.4, -0.2) is 17.0 Å². The van der Waals surface area contributed by atoms with Gasteiger partial charge in [0.1, 0.15) is 23.3 Å². The van der Waals surface area contributed by atoms with Crippen molar-refractivity contribution in [3.63, 3.8) is 0 Å². The lowest BCUT2D eigenvalue weighted by Gasteiger charge is -2.11. The average Bonchev–Trinajstić information content (AvgIpc) is 2.41. The lowest BCUT2D eigenvalue weighted by molar-refractivity contribution is 0.580. The summed E-state index contributed by atoms with van der Waals surface area (Å²) in [5.74, 6) is 0.0331. The van der Waals surface area contributed by atoms with Gasteiger partial charge in [0.15, 0.2) is 0 Å². The Bertz CT molecular complexity index is 627. The molecule has 0 aliphatic heterocycles. The van der Waals surface area contributed by atoms with E-state index in [0.717, 1.165) is 29.1 Å². The number of anilines is 1. The van der Waals surface area contributed by atoms with Gasteiger partial charge in [-0.05, 0) is 40.0 Å². The van der Waals surface area contributed by atoms with Gasteiger partial charge < -0.3 is 5.32 Å². The second kappa shape index (κ2) is 6.93. The SMILES string of the molecule is CCCc1nc(Cc2cc(F)cc(F)c2)nc(NC)c1Br. The summed E-state index contributed by atoms with van der Waals surface area (Å²) in [6, 6.07) is 3.45. The number of aromatic nitrogens is 2. The number of rotatable bonds is 5. The van der Waals surface area contributed by atoms with Crippen molar-refractivity contribution >= 4 is 21.7 Å². The molecule has 0 spiro atoms. The summed E-state index contributed by atoms with van der Waals surface area (Å²) < 4.78 is 27.3. The zero-order valence-electron chi connectivity index (χ0n) is 11.9. The van der Waals surface area contributed by atoms with Gasteiger partial charge in [-0.15, -0.1) is 0 Å². The molecule has 1 aromatic carbocycles. The molecular weight excluding hydrogens is 340 g/mol. The smallest absolute Gasteiger partial charge is 0.144 e. The Hall–Kier alpha value is -1.56. The highest BCUT2D eigenvalue weighted by Gasteiger charge is 2.12. The number of benzene rings is 1. The monoisotopic (exact) mass is 355 g/mol. The van der Waals surface area contributed by atoms with E-state index in [-0.39, 0.29) is 6.42 Å². The third kappa shape index (κ3) is 3.97. The van der Waals surface area contributed by atoms with Crippen LogP contribution in [0.2, 0.25) is 0 Å². The maximum absolute atomic E-state index is 13.2. The molecule has 0 saturated carbocycles. The van der Waals surface area contributed by atoms with E-state index in [1.165, 1.54) is 12.1 Å². The number of nitrogens with one attached hydrogen (secondary N) is 1. The molecule has 0 atom stereocenters. The fraction of sp³-hybridized carbons (Fsp3) is 0.333. The Kier molecular flexibility index (Phi) is 5.22. The van der Waals surface area contributed by atoms with Crippen LogP contribution in [0.15, 0.2) is 22.7 Å². The van der Waals surface area contributed by atoms with Crippen molar-refractivity contribution < 1.29 is 8.78 Å². The van der Waals surface area contributed by atoms with Crippen LogP contribution in [0.1, 0.15) is 30.4 Å². The van der Waals surface area contributed by atoms with Gasteiger partial charge in [-0.2, -0.15) is 0 Å². The molecule has 21 heavy (non-hydrogen) atoms. The molecule has 0 aliphatic rings. The molecule has 1 heterocycles. The van der Waals surface area contributed by atoms with E-state index in [2.05, 4.69) is 38.1 Å². The second-order valence-electron chi connectivity index (χ2n) is 4.70. The van der Waals surface area contributed by atoms with Gasteiger partial charge in [-0.1, -0.05) is 13.3 Å². The average molecular weight is 356 g/mol. The van der Waals surface area contributed by atoms with E-state index in [9.17, 15) is 8.78 Å². The molecular formula is C15H16BrF2N3. The molecule has 6 heteroatoms. The standard InChI is InChI=1S/C15H16BrF2N3/c1-3-4-12-14(16)15(19-2)21-13(20-12)7-9-5-10(17)8-11(18)6-9/h5-6,8H,3-4,7H2,1-2H3,(H,19,20,21). The third-order valence-electron chi connectivity index (χ3n) is 2.97. The fourth-order valence-corrected chi connectivity index (χ4v) is 2.66. The largest absolute Gasteiger partial charge is 0.372 e. The molecule has 1 N–H and O–H groups in total. The van der Waals surface area contributed by atoms with Crippen molar-refractivity contribution in [1.29, 1.82) is 0 Å². The molecule has 2 rings (SSSR count). The highest BCUT2D eigenvalue weighted by molar-refractivity contribution is 9.10. The van der Waals surface area contributed by atoms with Crippen LogP contribution in [0, 0.1) is 11.6 Å². The summed E-state index contributed by atoms with van der Waals surface area (Å²) in [6.45, 7) is 2.06. The van der Waals surface area contributed by atoms with Gasteiger partial charge in [-0.3, -0.25) is 0 Å². The maximum Gasteiger partial charge on any atom is 0.144 e. The summed E-state index contributed by atoms with van der Waals surface area (Å²) in [5.41, 5.74) is 1.41. The molecule has 0 unspecified atom stereocenters. The molecule has 3 nitrogen and oxygen atoms in total. The minimum absolute atomic E-state index is 0.285. The molecule has 2 aromatic rings. The van der Waals surface area contributed by atoms with Crippen molar-refractivity contribution in [2.45, 2.75) is 26.2 Å². The lowest BCUT2D eigenvalue weighted by atomic mass is 10.1. The summed E-state index contributed by atoms with van der Waals surface area (Å²) in [5, 5.41) is 3.00. The normalized spacial score (nSPS) is 10.7. The van der Waals surface area contributed by atoms with Crippen LogP contribution < -0.4 is 5.32 Å². The minimum Gasteiger partial charge on any atom is -0.372 e. The zero-order valence-corrected chi connectivity index (χ0v) is 13.5. The van der Waals surface area contributed by atoms with E-state index in [1.54, 1.807) is 7.05 Å². The molecule has 1 aromatic heterocycles. The summed E-state index contributed by atoms with van der Waals surface area (Å²) in [4.78, 5) is 8.86. The van der Waals surface area contributed by atoms with Gasteiger partial charge in [0.25, 0.3) is 0 Å². The first kappa shape index (κ1) is 15.8. The molecule has 0 saturated heterocycles. The van der Waals surface area contributed by atoms with Gasteiger partial charge >= 0.3 is 0 Å². The molecule has 0 radical (unpaired) electrons. The number of hydrogen-bond donors (Lipinski definition) is 1. The number of aryl methyl sites for hydroxylation is 1. The molecule has 0 fully saturated rings. The summed E-state index contributed by atoms with van der Waals surface area (Å²) >= 11 is 3.48. The van der Waals surface area contributed by atoms with Crippen LogP contribution in [0.25, 0.3) is 0 Å². The minimum atomic E-state index is -0.593. The van der Waals surface area contributed by atoms with Crippen molar-refractivity contribution in [3.05, 3.63) is 51.4 Å². The lowest BCUT2D eigenvalue weighted by Crippen LogP contribution is -2.06. The topological polar surface area (TPSA) is 37.8 Å². The van der Waals surface area contributed by atoms with Crippen molar-refractivity contribution in [1.82, 2.24) is 9.97 Å². The second-order valence-corrected chi connectivity index (χ2v) is 5.50. The first-order chi connectivity index (χ1) is 10.0. The quantitative estimate of drug-likeness (QED) is 0.877. The van der Waals surface area contributed by atoms with E-state index in [1.807, 2.05) is 0 Å². The molecule has 112 valence electrons. The van der Waals surface area contributed by atoms with Crippen molar-refractivity contribution in [2.75, 3.05) is 12.4 Å². The first-order valence-electron chi connectivity index (χ1n) is 6.71. The van der Waals surface area contributed by atoms with E-state index in [4.69, 9.17) is 0 Å². The maximum atomic E-state index is 13.2. The Morgan fingerprint density at radius 3 is 2.38 bits per heavy atom. The number of hydrogen-bond acceptors (Lipinski definition) is 3. The molecule has 0 bridgehead atoms. The third-order valence-corrected chi connectivity index (χ3v) is 3.81. The van der Waals surface area contributed by atoms with Gasteiger partial charge in [-0.25, -0.2) is 18.7 Å². The number of halogens is 3. The Morgan fingerprint density at radius 1 is 1.14 bits per heavy atom. The zero-order chi connectivity index (χ0) is 15.4. The summed E-state index contributed by atoms with van der Waals surface area (Å²) in [7, 11) is 1.77. The predicted molar refractivity (Wildman–Crippen MR) is 82.4 cm³/mol. The van der Waals surface area contributed by atoms with Crippen LogP contribution in [-0.2, 0) is 12.8 Å². The highest BCUT2D eigenvalue weighted by Crippen LogP contribution is 2.25. The van der Waals surface area contributed by atoms with Gasteiger partial charge in [0.05, 0.1) is 10.2 Å². The fourth-order valence-electron chi connectivity index (χ4n) is 2.09. The Balaban J connectivity index is 2.36. The Labute approximate surface area is 131 Å². The van der Waals surface area contributed by atoms with Gasteiger partial charge in [0.2, 0.25) is 0 Å². The van der Waals surface area contributed by atoms with Crippen LogP contribution in [0.5, 0.6) is 0 Å². The van der Waals surface area contributed by atoms with Crippen LogP contribution in [0.3, 0.4) is 0 Å². The van der Waals surface area contributed by atoms with Crippen molar-refractivity contribution in [3.8, 4) is 0 Å². The highest BCUT2D eigenvalue weighted by atomic mass is 79.9. The first-order valence-corrected chi connectivity index (χ1v) is 7.50. The predicted octanol–water partition coefficient (Wildman–Crippen LogP) is 4.10. The van der Waals surface area contributed by atoms with Crippen molar-refractivity contribution in [2.24, 2.45) is 0 Å².